The number of aryl methyl sites for hydroxylation is 2. The predicted molar refractivity (Wildman–Crippen MR) is 70.7 cm³/mol. The van der Waals surface area contributed by atoms with E-state index in [9.17, 15) is 4.39 Å². The first kappa shape index (κ1) is 12.8. The van der Waals surface area contributed by atoms with Crippen LogP contribution in [0.3, 0.4) is 0 Å². The van der Waals surface area contributed by atoms with Crippen LogP contribution in [0.5, 0.6) is 0 Å². The molecule has 1 heterocycles. The lowest BCUT2D eigenvalue weighted by atomic mass is 10.1. The van der Waals surface area contributed by atoms with Crippen molar-refractivity contribution in [3.05, 3.63) is 41.6 Å². The Hall–Kier alpha value is -1.68. The highest BCUT2D eigenvalue weighted by molar-refractivity contribution is 5.61. The molecule has 4 heteroatoms. The largest absolute Gasteiger partial charge is 0.346 e. The molecule has 0 fully saturated rings. The number of halogens is 1. The summed E-state index contributed by atoms with van der Waals surface area (Å²) in [5.41, 5.74) is 8.33. The average molecular weight is 247 g/mol. The number of aromatic nitrogens is 2. The maximum atomic E-state index is 12.9. The number of aromatic amines is 1. The molecule has 0 aliphatic rings. The Labute approximate surface area is 106 Å². The number of nitrogens with two attached hydrogens (primary N) is 1. The van der Waals surface area contributed by atoms with Crippen LogP contribution in [0.25, 0.3) is 11.3 Å². The Balaban J connectivity index is 2.16. The number of unbranched alkanes of at least 4 members (excludes halogenated alkanes) is 1. The van der Waals surface area contributed by atoms with E-state index < -0.39 is 0 Å². The second-order valence-corrected chi connectivity index (χ2v) is 4.41. The van der Waals surface area contributed by atoms with E-state index in [-0.39, 0.29) is 5.82 Å². The summed E-state index contributed by atoms with van der Waals surface area (Å²) in [5.74, 6) is 0.746. The molecule has 0 bridgehead atoms. The van der Waals surface area contributed by atoms with Crippen LogP contribution in [-0.2, 0) is 6.42 Å². The quantitative estimate of drug-likeness (QED) is 0.798. The van der Waals surface area contributed by atoms with Crippen LogP contribution in [0.15, 0.2) is 24.3 Å². The van der Waals surface area contributed by atoms with Gasteiger partial charge in [0.25, 0.3) is 0 Å². The van der Waals surface area contributed by atoms with E-state index in [2.05, 4.69) is 9.97 Å². The van der Waals surface area contributed by atoms with E-state index in [1.807, 2.05) is 6.92 Å². The van der Waals surface area contributed by atoms with Gasteiger partial charge in [-0.2, -0.15) is 0 Å². The van der Waals surface area contributed by atoms with Crippen LogP contribution in [-0.4, -0.2) is 16.5 Å². The second kappa shape index (κ2) is 5.78. The van der Waals surface area contributed by atoms with Crippen molar-refractivity contribution in [2.45, 2.75) is 26.2 Å². The van der Waals surface area contributed by atoms with Gasteiger partial charge in [-0.15, -0.1) is 0 Å². The molecule has 18 heavy (non-hydrogen) atoms. The zero-order chi connectivity index (χ0) is 13.0. The van der Waals surface area contributed by atoms with Crippen molar-refractivity contribution in [1.29, 1.82) is 0 Å². The Morgan fingerprint density at radius 2 is 1.94 bits per heavy atom. The minimum absolute atomic E-state index is 0.227. The molecular weight excluding hydrogens is 229 g/mol. The van der Waals surface area contributed by atoms with E-state index in [0.29, 0.717) is 6.54 Å². The minimum atomic E-state index is -0.227. The predicted octanol–water partition coefficient (Wildman–Crippen LogP) is 2.81. The number of H-pyrrole nitrogens is 1. The van der Waals surface area contributed by atoms with Gasteiger partial charge in [-0.25, -0.2) is 9.37 Å². The summed E-state index contributed by atoms with van der Waals surface area (Å²) >= 11 is 0. The molecule has 3 nitrogen and oxygen atoms in total. The van der Waals surface area contributed by atoms with Crippen molar-refractivity contribution in [1.82, 2.24) is 9.97 Å². The highest BCUT2D eigenvalue weighted by Gasteiger charge is 2.08. The third-order valence-electron chi connectivity index (χ3n) is 2.92. The van der Waals surface area contributed by atoms with Crippen LogP contribution in [0.1, 0.15) is 24.4 Å². The van der Waals surface area contributed by atoms with Crippen LogP contribution in [0, 0.1) is 12.7 Å². The first-order valence-corrected chi connectivity index (χ1v) is 6.22. The molecule has 3 N–H and O–H groups in total. The van der Waals surface area contributed by atoms with Gasteiger partial charge in [-0.05, 0) is 50.6 Å². The molecule has 0 spiro atoms. The van der Waals surface area contributed by atoms with Crippen LogP contribution in [0.2, 0.25) is 0 Å². The number of benzene rings is 1. The smallest absolute Gasteiger partial charge is 0.123 e. The van der Waals surface area contributed by atoms with Crippen molar-refractivity contribution < 1.29 is 4.39 Å². The molecule has 1 aromatic heterocycles. The van der Waals surface area contributed by atoms with Gasteiger partial charge in [-0.1, -0.05) is 0 Å². The van der Waals surface area contributed by atoms with E-state index >= 15 is 0 Å². The lowest BCUT2D eigenvalue weighted by Gasteiger charge is -1.97. The summed E-state index contributed by atoms with van der Waals surface area (Å²) in [6.45, 7) is 2.70. The normalized spacial score (nSPS) is 10.8. The Kier molecular flexibility index (Phi) is 4.10. The van der Waals surface area contributed by atoms with Crippen LogP contribution < -0.4 is 5.73 Å². The fraction of sp³-hybridized carbons (Fsp3) is 0.357. The molecule has 0 radical (unpaired) electrons. The summed E-state index contributed by atoms with van der Waals surface area (Å²) in [7, 11) is 0. The maximum absolute atomic E-state index is 12.9. The molecule has 0 unspecified atom stereocenters. The number of nitrogens with zero attached hydrogens (tertiary/aromatic N) is 1. The molecule has 0 aliphatic heterocycles. The van der Waals surface area contributed by atoms with Gasteiger partial charge in [0.15, 0.2) is 0 Å². The highest BCUT2D eigenvalue weighted by Crippen LogP contribution is 2.21. The van der Waals surface area contributed by atoms with Gasteiger partial charge in [0.1, 0.15) is 11.6 Å². The number of imidazole rings is 1. The van der Waals surface area contributed by atoms with Crippen molar-refractivity contribution in [3.63, 3.8) is 0 Å². The molecular formula is C14H18FN3. The number of hydrogen-bond acceptors (Lipinski definition) is 2. The number of nitrogens with one attached hydrogen (secondary N) is 1. The molecule has 1 aromatic carbocycles. The van der Waals surface area contributed by atoms with E-state index in [1.54, 1.807) is 12.1 Å². The monoisotopic (exact) mass is 247 g/mol. The van der Waals surface area contributed by atoms with E-state index in [1.165, 1.54) is 12.1 Å². The van der Waals surface area contributed by atoms with Gasteiger partial charge < -0.3 is 10.7 Å². The zero-order valence-electron chi connectivity index (χ0n) is 10.5. The summed E-state index contributed by atoms with van der Waals surface area (Å²) < 4.78 is 12.9. The molecule has 0 aliphatic carbocycles. The Morgan fingerprint density at radius 1 is 1.22 bits per heavy atom. The SMILES string of the molecule is Cc1[nH]c(CCCCN)nc1-c1ccc(F)cc1. The Morgan fingerprint density at radius 3 is 2.61 bits per heavy atom. The maximum Gasteiger partial charge on any atom is 0.123 e. The Bertz CT molecular complexity index is 502. The minimum Gasteiger partial charge on any atom is -0.346 e. The summed E-state index contributed by atoms with van der Waals surface area (Å²) in [4.78, 5) is 7.83. The van der Waals surface area contributed by atoms with Crippen molar-refractivity contribution >= 4 is 0 Å². The average Bonchev–Trinajstić information content (AvgIpc) is 2.72. The third-order valence-corrected chi connectivity index (χ3v) is 2.92. The zero-order valence-corrected chi connectivity index (χ0v) is 10.5. The fourth-order valence-corrected chi connectivity index (χ4v) is 1.97. The fourth-order valence-electron chi connectivity index (χ4n) is 1.97. The lowest BCUT2D eigenvalue weighted by molar-refractivity contribution is 0.628. The van der Waals surface area contributed by atoms with Crippen molar-refractivity contribution in [2.75, 3.05) is 6.54 Å². The van der Waals surface area contributed by atoms with Gasteiger partial charge >= 0.3 is 0 Å². The molecule has 96 valence electrons. The highest BCUT2D eigenvalue weighted by atomic mass is 19.1. The summed E-state index contributed by atoms with van der Waals surface area (Å²) in [6, 6.07) is 6.42. The molecule has 2 rings (SSSR count). The standard InChI is InChI=1S/C14H18FN3/c1-10-14(11-5-7-12(15)8-6-11)18-13(17-10)4-2-3-9-16/h5-8H,2-4,9,16H2,1H3,(H,17,18). The van der Waals surface area contributed by atoms with Gasteiger partial charge in [0, 0.05) is 17.7 Å². The lowest BCUT2D eigenvalue weighted by Crippen LogP contribution is -1.99. The van der Waals surface area contributed by atoms with Crippen molar-refractivity contribution in [3.8, 4) is 11.3 Å². The third kappa shape index (κ3) is 2.96. The van der Waals surface area contributed by atoms with Gasteiger partial charge in [0.2, 0.25) is 0 Å². The molecule has 0 saturated carbocycles. The molecule has 2 aromatic rings. The first-order chi connectivity index (χ1) is 8.70. The van der Waals surface area contributed by atoms with Crippen LogP contribution in [0.4, 0.5) is 4.39 Å². The summed E-state index contributed by atoms with van der Waals surface area (Å²) in [5, 5.41) is 0. The molecule has 0 atom stereocenters. The van der Waals surface area contributed by atoms with Gasteiger partial charge in [-0.3, -0.25) is 0 Å². The molecule has 0 amide bonds. The van der Waals surface area contributed by atoms with Crippen molar-refractivity contribution in [2.24, 2.45) is 5.73 Å². The number of hydrogen-bond donors (Lipinski definition) is 2. The van der Waals surface area contributed by atoms with Gasteiger partial charge in [0.05, 0.1) is 5.69 Å². The van der Waals surface area contributed by atoms with Crippen LogP contribution >= 0.6 is 0 Å². The topological polar surface area (TPSA) is 54.7 Å². The van der Waals surface area contributed by atoms with E-state index in [4.69, 9.17) is 5.73 Å². The number of rotatable bonds is 5. The molecule has 0 saturated heterocycles. The second-order valence-electron chi connectivity index (χ2n) is 4.41. The summed E-state index contributed by atoms with van der Waals surface area (Å²) in [6.07, 6.45) is 2.94. The van der Waals surface area contributed by atoms with E-state index in [0.717, 1.165) is 42.0 Å². The first-order valence-electron chi connectivity index (χ1n) is 6.22.